The third-order valence-corrected chi connectivity index (χ3v) is 2.78. The van der Waals surface area contributed by atoms with E-state index in [1.807, 2.05) is 0 Å². The van der Waals surface area contributed by atoms with Crippen LogP contribution in [-0.4, -0.2) is 38.4 Å². The maximum atomic E-state index is 12.7. The van der Waals surface area contributed by atoms with Gasteiger partial charge in [-0.15, -0.1) is 0 Å². The third-order valence-electron chi connectivity index (χ3n) is 1.92. The van der Waals surface area contributed by atoms with Gasteiger partial charge in [0.2, 0.25) is 20.9 Å². The van der Waals surface area contributed by atoms with Crippen molar-refractivity contribution in [2.24, 2.45) is 0 Å². The van der Waals surface area contributed by atoms with E-state index in [4.69, 9.17) is 4.74 Å². The lowest BCUT2D eigenvalue weighted by Gasteiger charge is -2.13. The van der Waals surface area contributed by atoms with Crippen LogP contribution in [0.15, 0.2) is 23.7 Å². The van der Waals surface area contributed by atoms with Gasteiger partial charge < -0.3 is 9.47 Å². The van der Waals surface area contributed by atoms with Gasteiger partial charge in [-0.2, -0.15) is 18.2 Å². The van der Waals surface area contributed by atoms with Gasteiger partial charge in [0.05, 0.1) is 0 Å². The van der Waals surface area contributed by atoms with E-state index in [0.29, 0.717) is 6.20 Å². The molecule has 112 valence electrons. The minimum Gasteiger partial charge on any atom is -0.441 e. The molecule has 0 aromatic carbocycles. The molecule has 0 saturated heterocycles. The predicted octanol–water partition coefficient (Wildman–Crippen LogP) is 1.44. The molecule has 0 N–H and O–H groups in total. The topological polar surface area (TPSA) is 78.4 Å². The number of hydrogen-bond acceptors (Lipinski definition) is 6. The second-order valence-electron chi connectivity index (χ2n) is 3.72. The lowest BCUT2D eigenvalue weighted by Crippen LogP contribution is -2.15. The molecule has 0 spiro atoms. The molecule has 0 fully saturated rings. The molecule has 0 aliphatic heterocycles. The second-order valence-corrected chi connectivity index (χ2v) is 5.62. The van der Waals surface area contributed by atoms with Crippen LogP contribution >= 0.6 is 0 Å². The minimum absolute atomic E-state index is 0.156. The Hall–Kier alpha value is -1.68. The van der Waals surface area contributed by atoms with Gasteiger partial charge in [-0.1, -0.05) is 6.58 Å². The molecule has 0 saturated carbocycles. The maximum Gasteiger partial charge on any atom is 0.423 e. The Balaban J connectivity index is 3.31. The highest BCUT2D eigenvalue weighted by atomic mass is 32.2. The number of hydrogen-bond donors (Lipinski definition) is 0. The van der Waals surface area contributed by atoms with Gasteiger partial charge >= 0.3 is 6.18 Å². The summed E-state index contributed by atoms with van der Waals surface area (Å²) >= 11 is 0. The van der Waals surface area contributed by atoms with Crippen molar-refractivity contribution in [1.82, 2.24) is 9.97 Å². The van der Waals surface area contributed by atoms with E-state index in [2.05, 4.69) is 21.3 Å². The SMILES string of the molecule is C=C(COC)Oc1nc(S(C)(=O)=O)ncc1C(F)(F)F. The molecular weight excluding hydrogens is 301 g/mol. The van der Waals surface area contributed by atoms with E-state index in [-0.39, 0.29) is 12.4 Å². The van der Waals surface area contributed by atoms with Crippen molar-refractivity contribution in [2.75, 3.05) is 20.0 Å². The van der Waals surface area contributed by atoms with Crippen LogP contribution in [0.2, 0.25) is 0 Å². The Morgan fingerprint density at radius 3 is 2.50 bits per heavy atom. The van der Waals surface area contributed by atoms with Gasteiger partial charge in [-0.3, -0.25) is 0 Å². The minimum atomic E-state index is -4.79. The second kappa shape index (κ2) is 5.75. The number of rotatable bonds is 5. The van der Waals surface area contributed by atoms with Crippen molar-refractivity contribution in [3.63, 3.8) is 0 Å². The van der Waals surface area contributed by atoms with E-state index in [9.17, 15) is 21.6 Å². The standard InChI is InChI=1S/C10H11F3N2O4S/c1-6(5-18-2)19-8-7(10(11,12)13)4-14-9(15-8)20(3,16)17/h4H,1,5H2,2-3H3. The van der Waals surface area contributed by atoms with Gasteiger partial charge in [0.25, 0.3) is 0 Å². The number of methoxy groups -OCH3 is 1. The molecule has 0 radical (unpaired) electrons. The van der Waals surface area contributed by atoms with Crippen molar-refractivity contribution in [2.45, 2.75) is 11.3 Å². The Morgan fingerprint density at radius 2 is 2.05 bits per heavy atom. The van der Waals surface area contributed by atoms with Gasteiger partial charge in [0.15, 0.2) is 0 Å². The molecule has 6 nitrogen and oxygen atoms in total. The zero-order valence-electron chi connectivity index (χ0n) is 10.6. The highest BCUT2D eigenvalue weighted by Crippen LogP contribution is 2.35. The van der Waals surface area contributed by atoms with E-state index >= 15 is 0 Å². The molecule has 20 heavy (non-hydrogen) atoms. The highest BCUT2D eigenvalue weighted by Gasteiger charge is 2.37. The van der Waals surface area contributed by atoms with E-state index in [0.717, 1.165) is 6.26 Å². The van der Waals surface area contributed by atoms with Crippen LogP contribution < -0.4 is 4.74 Å². The van der Waals surface area contributed by atoms with Gasteiger partial charge in [-0.05, 0) is 0 Å². The van der Waals surface area contributed by atoms with Crippen LogP contribution in [0.3, 0.4) is 0 Å². The van der Waals surface area contributed by atoms with Crippen LogP contribution in [0.4, 0.5) is 13.2 Å². The summed E-state index contributed by atoms with van der Waals surface area (Å²) in [5.74, 6) is -1.09. The first-order valence-electron chi connectivity index (χ1n) is 5.04. The summed E-state index contributed by atoms with van der Waals surface area (Å²) in [7, 11) is -2.57. The highest BCUT2D eigenvalue weighted by molar-refractivity contribution is 7.90. The number of halogens is 3. The van der Waals surface area contributed by atoms with Crippen molar-refractivity contribution in [3.8, 4) is 5.88 Å². The first-order valence-corrected chi connectivity index (χ1v) is 6.93. The quantitative estimate of drug-likeness (QED) is 0.605. The van der Waals surface area contributed by atoms with Crippen LogP contribution in [0, 0.1) is 0 Å². The van der Waals surface area contributed by atoms with Crippen molar-refractivity contribution in [1.29, 1.82) is 0 Å². The summed E-state index contributed by atoms with van der Waals surface area (Å²) in [5.41, 5.74) is -1.30. The number of ether oxygens (including phenoxy) is 2. The number of aromatic nitrogens is 2. The Morgan fingerprint density at radius 1 is 1.45 bits per heavy atom. The first kappa shape index (κ1) is 16.4. The molecule has 1 heterocycles. The van der Waals surface area contributed by atoms with Crippen molar-refractivity contribution in [3.05, 3.63) is 24.1 Å². The molecule has 0 aliphatic rings. The molecule has 1 aromatic rings. The molecule has 0 bridgehead atoms. The molecular formula is C10H11F3N2O4S. The fourth-order valence-electron chi connectivity index (χ4n) is 1.13. The molecule has 0 unspecified atom stereocenters. The molecule has 1 aromatic heterocycles. The molecule has 0 amide bonds. The van der Waals surface area contributed by atoms with Crippen LogP contribution in [-0.2, 0) is 20.8 Å². The average molecular weight is 312 g/mol. The Labute approximate surface area is 113 Å². The van der Waals surface area contributed by atoms with Gasteiger partial charge in [-0.25, -0.2) is 13.4 Å². The van der Waals surface area contributed by atoms with E-state index in [1.165, 1.54) is 7.11 Å². The summed E-state index contributed by atoms with van der Waals surface area (Å²) in [6, 6.07) is 0. The maximum absolute atomic E-state index is 12.7. The normalized spacial score (nSPS) is 12.2. The van der Waals surface area contributed by atoms with Crippen molar-refractivity contribution < 1.29 is 31.1 Å². The van der Waals surface area contributed by atoms with Crippen LogP contribution in [0.25, 0.3) is 0 Å². The fraction of sp³-hybridized carbons (Fsp3) is 0.400. The predicted molar refractivity (Wildman–Crippen MR) is 61.8 cm³/mol. The summed E-state index contributed by atoms with van der Waals surface area (Å²) in [4.78, 5) is 6.45. The molecule has 1 rings (SSSR count). The summed E-state index contributed by atoms with van der Waals surface area (Å²) in [6.07, 6.45) is -3.68. The summed E-state index contributed by atoms with van der Waals surface area (Å²) in [5, 5.41) is -0.772. The third kappa shape index (κ3) is 4.17. The van der Waals surface area contributed by atoms with Crippen LogP contribution in [0.5, 0.6) is 5.88 Å². The number of sulfone groups is 1. The monoisotopic (exact) mass is 312 g/mol. The lowest BCUT2D eigenvalue weighted by atomic mass is 10.3. The summed E-state index contributed by atoms with van der Waals surface area (Å²) < 4.78 is 70.1. The van der Waals surface area contributed by atoms with Crippen molar-refractivity contribution >= 4 is 9.84 Å². The molecule has 10 heteroatoms. The zero-order chi connectivity index (χ0) is 15.6. The zero-order valence-corrected chi connectivity index (χ0v) is 11.4. The first-order chi connectivity index (χ1) is 9.05. The van der Waals surface area contributed by atoms with E-state index < -0.39 is 32.6 Å². The fourth-order valence-corrected chi connectivity index (χ4v) is 1.62. The van der Waals surface area contributed by atoms with Crippen LogP contribution in [0.1, 0.15) is 5.56 Å². The molecule has 0 atom stereocenters. The van der Waals surface area contributed by atoms with E-state index in [1.54, 1.807) is 0 Å². The van der Waals surface area contributed by atoms with Gasteiger partial charge in [0.1, 0.15) is 17.9 Å². The number of nitrogens with zero attached hydrogens (tertiary/aromatic N) is 2. The molecule has 0 aliphatic carbocycles. The Bertz CT molecular complexity index is 613. The summed E-state index contributed by atoms with van der Waals surface area (Å²) in [6.45, 7) is 3.16. The number of alkyl halides is 3. The average Bonchev–Trinajstić information content (AvgIpc) is 2.26. The smallest absolute Gasteiger partial charge is 0.423 e. The largest absolute Gasteiger partial charge is 0.441 e. The lowest BCUT2D eigenvalue weighted by molar-refractivity contribution is -0.139. The Kier molecular flexibility index (Phi) is 4.71. The van der Waals surface area contributed by atoms with Gasteiger partial charge in [0, 0.05) is 19.6 Å².